The molecule has 0 heterocycles. The van der Waals surface area contributed by atoms with Gasteiger partial charge in [-0.1, -0.05) is 63.1 Å². The molecule has 0 saturated carbocycles. The van der Waals surface area contributed by atoms with Crippen LogP contribution in [-0.2, 0) is 30.6 Å². The van der Waals surface area contributed by atoms with Crippen molar-refractivity contribution in [1.29, 1.82) is 0 Å². The minimum absolute atomic E-state index is 0.704. The Morgan fingerprint density at radius 3 is 2.28 bits per heavy atom. The fraction of sp³-hybridized carbons (Fsp3) is 0.478. The van der Waals surface area contributed by atoms with Crippen LogP contribution in [0.5, 0.6) is 0 Å². The van der Waals surface area contributed by atoms with Gasteiger partial charge in [-0.2, -0.15) is 0 Å². The molecule has 2 rings (SSSR count). The van der Waals surface area contributed by atoms with Crippen LogP contribution < -0.4 is 0 Å². The van der Waals surface area contributed by atoms with Crippen LogP contribution in [0.15, 0.2) is 42.5 Å². The summed E-state index contributed by atoms with van der Waals surface area (Å²) in [6.45, 7) is 6.04. The normalized spacial score (nSPS) is 11.0. The van der Waals surface area contributed by atoms with Gasteiger partial charge in [0.15, 0.2) is 0 Å². The standard InChI is InChI=1S/C23H31IO/c1-3-5-12-21-16-20(17-23(24)22(21)13-6-4-2)14-15-25-18-19-10-8-7-9-11-19/h7-11,16-17H,3-6,12-15,18H2,1-2H3. The molecule has 2 aromatic carbocycles. The van der Waals surface area contributed by atoms with E-state index in [0.29, 0.717) is 6.61 Å². The molecule has 2 heteroatoms. The minimum atomic E-state index is 0.704. The summed E-state index contributed by atoms with van der Waals surface area (Å²) in [4.78, 5) is 0. The van der Waals surface area contributed by atoms with Crippen LogP contribution in [0.25, 0.3) is 0 Å². The second-order valence-corrected chi connectivity index (χ2v) is 7.87. The van der Waals surface area contributed by atoms with Crippen LogP contribution in [0.4, 0.5) is 0 Å². The van der Waals surface area contributed by atoms with Crippen LogP contribution >= 0.6 is 22.6 Å². The second-order valence-electron chi connectivity index (χ2n) is 6.71. The summed E-state index contributed by atoms with van der Waals surface area (Å²) in [6, 6.07) is 15.2. The van der Waals surface area contributed by atoms with Crippen LogP contribution in [0.3, 0.4) is 0 Å². The number of aryl methyl sites for hydroxylation is 1. The van der Waals surface area contributed by atoms with Crippen molar-refractivity contribution >= 4 is 22.6 Å². The van der Waals surface area contributed by atoms with E-state index < -0.39 is 0 Å². The highest BCUT2D eigenvalue weighted by atomic mass is 127. The topological polar surface area (TPSA) is 9.23 Å². The van der Waals surface area contributed by atoms with Gasteiger partial charge in [0.05, 0.1) is 13.2 Å². The first kappa shape index (κ1) is 20.4. The fourth-order valence-corrected chi connectivity index (χ4v) is 4.09. The summed E-state index contributed by atoms with van der Waals surface area (Å²) >= 11 is 2.53. The van der Waals surface area contributed by atoms with Gasteiger partial charge in [0, 0.05) is 3.57 Å². The average Bonchev–Trinajstić information content (AvgIpc) is 2.63. The number of unbranched alkanes of at least 4 members (excludes halogenated alkanes) is 2. The quantitative estimate of drug-likeness (QED) is 0.272. The molecule has 25 heavy (non-hydrogen) atoms. The van der Waals surface area contributed by atoms with E-state index >= 15 is 0 Å². The number of halogens is 1. The Hall–Kier alpha value is -0.870. The Morgan fingerprint density at radius 1 is 0.840 bits per heavy atom. The molecule has 0 N–H and O–H groups in total. The van der Waals surface area contributed by atoms with E-state index in [4.69, 9.17) is 4.74 Å². The molecule has 0 amide bonds. The molecule has 0 radical (unpaired) electrons. The first-order chi connectivity index (χ1) is 12.2. The largest absolute Gasteiger partial charge is 0.376 e. The number of hydrogen-bond donors (Lipinski definition) is 0. The molecule has 0 aliphatic heterocycles. The van der Waals surface area contributed by atoms with E-state index in [2.05, 4.69) is 72.8 Å². The van der Waals surface area contributed by atoms with Crippen molar-refractivity contribution in [3.05, 3.63) is 68.3 Å². The van der Waals surface area contributed by atoms with Gasteiger partial charge in [0.2, 0.25) is 0 Å². The van der Waals surface area contributed by atoms with Crippen LogP contribution in [-0.4, -0.2) is 6.61 Å². The van der Waals surface area contributed by atoms with Crippen LogP contribution in [0.2, 0.25) is 0 Å². The third-order valence-corrected chi connectivity index (χ3v) is 5.54. The van der Waals surface area contributed by atoms with Gasteiger partial charge in [-0.15, -0.1) is 0 Å². The van der Waals surface area contributed by atoms with Gasteiger partial charge in [-0.05, 0) is 83.0 Å². The van der Waals surface area contributed by atoms with E-state index in [9.17, 15) is 0 Å². The number of rotatable bonds is 11. The van der Waals surface area contributed by atoms with Crippen molar-refractivity contribution < 1.29 is 4.74 Å². The zero-order valence-electron chi connectivity index (χ0n) is 15.7. The number of ether oxygens (including phenoxy) is 1. The van der Waals surface area contributed by atoms with Crippen molar-refractivity contribution in [2.75, 3.05) is 6.61 Å². The lowest BCUT2D eigenvalue weighted by Crippen LogP contribution is -2.04. The van der Waals surface area contributed by atoms with Crippen molar-refractivity contribution in [1.82, 2.24) is 0 Å². The van der Waals surface area contributed by atoms with Gasteiger partial charge < -0.3 is 4.74 Å². The van der Waals surface area contributed by atoms with Crippen molar-refractivity contribution in [2.24, 2.45) is 0 Å². The highest BCUT2D eigenvalue weighted by Gasteiger charge is 2.09. The maximum absolute atomic E-state index is 5.88. The van der Waals surface area contributed by atoms with Crippen molar-refractivity contribution in [3.63, 3.8) is 0 Å². The second kappa shape index (κ2) is 11.7. The Morgan fingerprint density at radius 2 is 1.56 bits per heavy atom. The zero-order valence-corrected chi connectivity index (χ0v) is 17.8. The molecule has 2 aromatic rings. The molecule has 0 saturated heterocycles. The maximum atomic E-state index is 5.88. The lowest BCUT2D eigenvalue weighted by molar-refractivity contribution is 0.124. The first-order valence-corrected chi connectivity index (χ1v) is 10.7. The summed E-state index contributed by atoms with van der Waals surface area (Å²) in [5, 5.41) is 0. The predicted octanol–water partition coefficient (Wildman–Crippen LogP) is 6.74. The van der Waals surface area contributed by atoms with Gasteiger partial charge in [-0.25, -0.2) is 0 Å². The highest BCUT2D eigenvalue weighted by molar-refractivity contribution is 14.1. The van der Waals surface area contributed by atoms with Crippen LogP contribution in [0.1, 0.15) is 61.8 Å². The number of hydrogen-bond acceptors (Lipinski definition) is 1. The minimum Gasteiger partial charge on any atom is -0.376 e. The summed E-state index contributed by atoms with van der Waals surface area (Å²) in [7, 11) is 0. The Labute approximate surface area is 167 Å². The van der Waals surface area contributed by atoms with E-state index in [1.165, 1.54) is 53.2 Å². The Kier molecular flexibility index (Phi) is 9.56. The van der Waals surface area contributed by atoms with Gasteiger partial charge >= 0.3 is 0 Å². The van der Waals surface area contributed by atoms with E-state index in [1.807, 2.05) is 6.07 Å². The molecule has 0 aliphatic rings. The van der Waals surface area contributed by atoms with E-state index in [0.717, 1.165) is 13.0 Å². The molecule has 0 atom stereocenters. The molecule has 0 spiro atoms. The smallest absolute Gasteiger partial charge is 0.0717 e. The molecule has 0 aliphatic carbocycles. The highest BCUT2D eigenvalue weighted by Crippen LogP contribution is 2.24. The predicted molar refractivity (Wildman–Crippen MR) is 116 cm³/mol. The summed E-state index contributed by atoms with van der Waals surface area (Å²) < 4.78 is 7.32. The lowest BCUT2D eigenvalue weighted by atomic mass is 9.95. The first-order valence-electron chi connectivity index (χ1n) is 9.66. The third kappa shape index (κ3) is 7.10. The SMILES string of the molecule is CCCCc1cc(CCOCc2ccccc2)cc(I)c1CCCC. The van der Waals surface area contributed by atoms with Crippen LogP contribution in [0, 0.1) is 3.57 Å². The Balaban J connectivity index is 1.96. The molecule has 1 nitrogen and oxygen atoms in total. The molecule has 0 unspecified atom stereocenters. The summed E-state index contributed by atoms with van der Waals surface area (Å²) in [6.07, 6.45) is 8.52. The van der Waals surface area contributed by atoms with Crippen molar-refractivity contribution in [3.8, 4) is 0 Å². The Bertz CT molecular complexity index is 621. The third-order valence-electron chi connectivity index (χ3n) is 4.57. The van der Waals surface area contributed by atoms with Crippen molar-refractivity contribution in [2.45, 2.75) is 65.4 Å². The van der Waals surface area contributed by atoms with Gasteiger partial charge in [-0.3, -0.25) is 0 Å². The van der Waals surface area contributed by atoms with E-state index in [1.54, 1.807) is 11.1 Å². The fourth-order valence-electron chi connectivity index (χ4n) is 3.08. The summed E-state index contributed by atoms with van der Waals surface area (Å²) in [5.74, 6) is 0. The molecule has 0 fully saturated rings. The summed E-state index contributed by atoms with van der Waals surface area (Å²) in [5.41, 5.74) is 5.82. The lowest BCUT2D eigenvalue weighted by Gasteiger charge is -2.15. The monoisotopic (exact) mass is 450 g/mol. The molecule has 136 valence electrons. The van der Waals surface area contributed by atoms with E-state index in [-0.39, 0.29) is 0 Å². The number of benzene rings is 2. The molecular weight excluding hydrogens is 419 g/mol. The van der Waals surface area contributed by atoms with Gasteiger partial charge in [0.25, 0.3) is 0 Å². The zero-order chi connectivity index (χ0) is 17.9. The van der Waals surface area contributed by atoms with Gasteiger partial charge in [0.1, 0.15) is 0 Å². The average molecular weight is 450 g/mol. The molecule has 0 bridgehead atoms. The molecule has 0 aromatic heterocycles. The maximum Gasteiger partial charge on any atom is 0.0717 e. The molecular formula is C23H31IO.